The first-order valence-electron chi connectivity index (χ1n) is 6.22. The number of carbonyl (C=O) groups is 1. The normalized spacial score (nSPS) is 18.0. The van der Waals surface area contributed by atoms with E-state index in [1.165, 1.54) is 12.8 Å². The number of carbonyl (C=O) groups excluding carboxylic acids is 1. The second-order valence-electron chi connectivity index (χ2n) is 4.76. The summed E-state index contributed by atoms with van der Waals surface area (Å²) < 4.78 is 1.07. The zero-order valence-corrected chi connectivity index (χ0v) is 11.7. The summed E-state index contributed by atoms with van der Waals surface area (Å²) in [6.45, 7) is 2.04. The molecule has 17 heavy (non-hydrogen) atoms. The highest BCUT2D eigenvalue weighted by Gasteiger charge is 2.23. The zero-order chi connectivity index (χ0) is 12.3. The van der Waals surface area contributed by atoms with Gasteiger partial charge in [0.2, 0.25) is 5.91 Å². The summed E-state index contributed by atoms with van der Waals surface area (Å²) in [5.74, 6) is 0.464. The topological polar surface area (TPSA) is 29.1 Å². The van der Waals surface area contributed by atoms with E-state index in [9.17, 15) is 4.79 Å². The maximum Gasteiger partial charge on any atom is 0.223 e. The first-order valence-corrected chi connectivity index (χ1v) is 7.02. The van der Waals surface area contributed by atoms with Crippen molar-refractivity contribution in [2.75, 3.05) is 0 Å². The van der Waals surface area contributed by atoms with Gasteiger partial charge >= 0.3 is 0 Å². The molecule has 1 aliphatic rings. The fourth-order valence-corrected chi connectivity index (χ4v) is 2.62. The lowest BCUT2D eigenvalue weighted by atomic mass is 10.0. The molecule has 2 rings (SSSR count). The molecule has 0 bridgehead atoms. The van der Waals surface area contributed by atoms with Crippen LogP contribution in [-0.4, -0.2) is 5.91 Å². The van der Waals surface area contributed by atoms with Gasteiger partial charge in [-0.2, -0.15) is 0 Å². The number of rotatable bonds is 3. The highest BCUT2D eigenvalue weighted by molar-refractivity contribution is 9.10. The third-order valence-electron chi connectivity index (χ3n) is 3.45. The lowest BCUT2D eigenvalue weighted by Gasteiger charge is -2.17. The minimum Gasteiger partial charge on any atom is -0.349 e. The van der Waals surface area contributed by atoms with Crippen molar-refractivity contribution in [1.82, 2.24) is 5.32 Å². The van der Waals surface area contributed by atoms with Gasteiger partial charge in [0.05, 0.1) is 6.04 Å². The van der Waals surface area contributed by atoms with E-state index in [-0.39, 0.29) is 17.9 Å². The molecule has 1 aromatic carbocycles. The van der Waals surface area contributed by atoms with Crippen molar-refractivity contribution in [2.45, 2.75) is 38.6 Å². The summed E-state index contributed by atoms with van der Waals surface area (Å²) in [5, 5.41) is 3.10. The number of hydrogen-bond acceptors (Lipinski definition) is 1. The Morgan fingerprint density at radius 2 is 1.88 bits per heavy atom. The van der Waals surface area contributed by atoms with Crippen LogP contribution in [0.1, 0.15) is 44.2 Å². The van der Waals surface area contributed by atoms with Gasteiger partial charge in [0.25, 0.3) is 0 Å². The van der Waals surface area contributed by atoms with Gasteiger partial charge in [-0.05, 0) is 37.5 Å². The predicted molar refractivity (Wildman–Crippen MR) is 72.7 cm³/mol. The van der Waals surface area contributed by atoms with E-state index in [4.69, 9.17) is 0 Å². The minimum atomic E-state index is 0.0937. The van der Waals surface area contributed by atoms with Crippen molar-refractivity contribution < 1.29 is 4.79 Å². The number of hydrogen-bond donors (Lipinski definition) is 1. The van der Waals surface area contributed by atoms with Crippen LogP contribution < -0.4 is 5.32 Å². The minimum absolute atomic E-state index is 0.0937. The van der Waals surface area contributed by atoms with Crippen molar-refractivity contribution in [3.05, 3.63) is 34.3 Å². The van der Waals surface area contributed by atoms with Gasteiger partial charge in [0.15, 0.2) is 0 Å². The summed E-state index contributed by atoms with van der Waals surface area (Å²) in [7, 11) is 0. The van der Waals surface area contributed by atoms with Crippen LogP contribution in [0.4, 0.5) is 0 Å². The smallest absolute Gasteiger partial charge is 0.223 e. The number of benzene rings is 1. The van der Waals surface area contributed by atoms with Crippen molar-refractivity contribution >= 4 is 21.8 Å². The van der Waals surface area contributed by atoms with Crippen LogP contribution >= 0.6 is 15.9 Å². The third-order valence-corrected chi connectivity index (χ3v) is 3.98. The molecule has 0 heterocycles. The molecule has 1 aliphatic carbocycles. The van der Waals surface area contributed by atoms with E-state index in [0.29, 0.717) is 0 Å². The van der Waals surface area contributed by atoms with Crippen LogP contribution in [0.5, 0.6) is 0 Å². The van der Waals surface area contributed by atoms with E-state index >= 15 is 0 Å². The SMILES string of the molecule is C[C@@H](NC(=O)C1CCCC1)c1ccc(Br)cc1. The lowest BCUT2D eigenvalue weighted by molar-refractivity contribution is -0.125. The molecule has 0 spiro atoms. The quantitative estimate of drug-likeness (QED) is 0.902. The maximum absolute atomic E-state index is 12.0. The highest BCUT2D eigenvalue weighted by Crippen LogP contribution is 2.26. The Morgan fingerprint density at radius 1 is 1.29 bits per heavy atom. The van der Waals surface area contributed by atoms with E-state index in [0.717, 1.165) is 22.9 Å². The van der Waals surface area contributed by atoms with E-state index in [2.05, 4.69) is 21.2 Å². The number of nitrogens with one attached hydrogen (secondary N) is 1. The summed E-state index contributed by atoms with van der Waals surface area (Å²) in [6, 6.07) is 8.20. The third kappa shape index (κ3) is 3.32. The zero-order valence-electron chi connectivity index (χ0n) is 10.1. The molecule has 0 unspecified atom stereocenters. The van der Waals surface area contributed by atoms with Crippen LogP contribution in [0.25, 0.3) is 0 Å². The molecule has 0 aromatic heterocycles. The van der Waals surface area contributed by atoms with Gasteiger partial charge in [-0.1, -0.05) is 40.9 Å². The Balaban J connectivity index is 1.93. The molecule has 1 amide bonds. The largest absolute Gasteiger partial charge is 0.349 e. The van der Waals surface area contributed by atoms with Crippen LogP contribution in [0.3, 0.4) is 0 Å². The van der Waals surface area contributed by atoms with Gasteiger partial charge in [-0.15, -0.1) is 0 Å². The average molecular weight is 296 g/mol. The van der Waals surface area contributed by atoms with Crippen molar-refractivity contribution in [3.8, 4) is 0 Å². The fourth-order valence-electron chi connectivity index (χ4n) is 2.35. The molecule has 92 valence electrons. The first-order chi connectivity index (χ1) is 8.16. The maximum atomic E-state index is 12.0. The van der Waals surface area contributed by atoms with Crippen molar-refractivity contribution in [1.29, 1.82) is 0 Å². The van der Waals surface area contributed by atoms with Crippen LogP contribution in [-0.2, 0) is 4.79 Å². The molecule has 3 heteroatoms. The first kappa shape index (κ1) is 12.6. The summed E-state index contributed by atoms with van der Waals surface area (Å²) in [5.41, 5.74) is 1.15. The van der Waals surface area contributed by atoms with Crippen LogP contribution in [0.15, 0.2) is 28.7 Å². The Hall–Kier alpha value is -0.830. The molecule has 1 fully saturated rings. The van der Waals surface area contributed by atoms with E-state index in [1.54, 1.807) is 0 Å². The summed E-state index contributed by atoms with van der Waals surface area (Å²) in [4.78, 5) is 12.0. The average Bonchev–Trinajstić information content (AvgIpc) is 2.83. The second kappa shape index (κ2) is 5.67. The molecular formula is C14H18BrNO. The molecule has 0 radical (unpaired) electrons. The number of amides is 1. The predicted octanol–water partition coefficient (Wildman–Crippen LogP) is 3.82. The van der Waals surface area contributed by atoms with Gasteiger partial charge in [0.1, 0.15) is 0 Å². The van der Waals surface area contributed by atoms with E-state index < -0.39 is 0 Å². The van der Waals surface area contributed by atoms with Crippen LogP contribution in [0, 0.1) is 5.92 Å². The van der Waals surface area contributed by atoms with Crippen molar-refractivity contribution in [2.24, 2.45) is 5.92 Å². The van der Waals surface area contributed by atoms with Gasteiger partial charge in [-0.3, -0.25) is 4.79 Å². The van der Waals surface area contributed by atoms with Gasteiger partial charge in [0, 0.05) is 10.4 Å². The molecule has 0 aliphatic heterocycles. The van der Waals surface area contributed by atoms with Gasteiger partial charge in [-0.25, -0.2) is 0 Å². The monoisotopic (exact) mass is 295 g/mol. The Morgan fingerprint density at radius 3 is 2.47 bits per heavy atom. The second-order valence-corrected chi connectivity index (χ2v) is 5.68. The van der Waals surface area contributed by atoms with Crippen molar-refractivity contribution in [3.63, 3.8) is 0 Å². The Kier molecular flexibility index (Phi) is 4.21. The Labute approximate surface area is 111 Å². The summed E-state index contributed by atoms with van der Waals surface area (Å²) >= 11 is 3.41. The standard InChI is InChI=1S/C14H18BrNO/c1-10(11-6-8-13(15)9-7-11)16-14(17)12-4-2-3-5-12/h6-10,12H,2-5H2,1H3,(H,16,17)/t10-/m1/s1. The summed E-state index contributed by atoms with van der Waals surface area (Å²) in [6.07, 6.45) is 4.51. The van der Waals surface area contributed by atoms with E-state index in [1.807, 2.05) is 31.2 Å². The Bertz CT molecular complexity index is 382. The molecule has 1 saturated carbocycles. The molecule has 1 N–H and O–H groups in total. The molecule has 1 aromatic rings. The molecule has 2 nitrogen and oxygen atoms in total. The lowest BCUT2D eigenvalue weighted by Crippen LogP contribution is -2.31. The fraction of sp³-hybridized carbons (Fsp3) is 0.500. The molecular weight excluding hydrogens is 278 g/mol. The van der Waals surface area contributed by atoms with Crippen LogP contribution in [0.2, 0.25) is 0 Å². The molecule has 1 atom stereocenters. The van der Waals surface area contributed by atoms with Gasteiger partial charge < -0.3 is 5.32 Å². The molecule has 0 saturated heterocycles. The highest BCUT2D eigenvalue weighted by atomic mass is 79.9. The number of halogens is 1.